The molecule has 61 valence electrons. The van der Waals surface area contributed by atoms with Crippen molar-refractivity contribution in [2.75, 3.05) is 19.9 Å². The highest BCUT2D eigenvalue weighted by Gasteiger charge is 1.88. The molecular formula is C8H16FO. The number of ether oxygens (including phenoxy) is 1. The van der Waals surface area contributed by atoms with Crippen molar-refractivity contribution in [1.29, 1.82) is 0 Å². The molecule has 1 radical (unpaired) electrons. The third-order valence-corrected chi connectivity index (χ3v) is 1.32. The third-order valence-electron chi connectivity index (χ3n) is 1.32. The molecule has 0 N–H and O–H groups in total. The van der Waals surface area contributed by atoms with Crippen LogP contribution >= 0.6 is 0 Å². The maximum Gasteiger partial charge on any atom is 0.0894 e. The molecule has 0 aromatic carbocycles. The van der Waals surface area contributed by atoms with Crippen LogP contribution in [0.4, 0.5) is 4.39 Å². The van der Waals surface area contributed by atoms with Gasteiger partial charge in [0.1, 0.15) is 0 Å². The van der Waals surface area contributed by atoms with Gasteiger partial charge in [0.05, 0.1) is 6.67 Å². The molecule has 0 saturated carbocycles. The molecule has 0 aliphatic heterocycles. The minimum Gasteiger partial charge on any atom is -0.381 e. The average Bonchev–Trinajstić information content (AvgIpc) is 1.97. The summed E-state index contributed by atoms with van der Waals surface area (Å²) in [6.45, 7) is 4.67. The zero-order chi connectivity index (χ0) is 7.66. The molecule has 0 bridgehead atoms. The van der Waals surface area contributed by atoms with Crippen LogP contribution in [0.3, 0.4) is 0 Å². The fourth-order valence-corrected chi connectivity index (χ4v) is 0.754. The molecule has 0 aromatic heterocycles. The summed E-state index contributed by atoms with van der Waals surface area (Å²) in [7, 11) is 0. The Morgan fingerprint density at radius 3 is 2.40 bits per heavy atom. The van der Waals surface area contributed by atoms with Crippen LogP contribution in [-0.4, -0.2) is 19.9 Å². The van der Waals surface area contributed by atoms with E-state index in [0.29, 0.717) is 13.0 Å². The lowest BCUT2D eigenvalue weighted by atomic mass is 10.2. The summed E-state index contributed by atoms with van der Waals surface area (Å²) >= 11 is 0. The van der Waals surface area contributed by atoms with E-state index in [-0.39, 0.29) is 6.67 Å². The van der Waals surface area contributed by atoms with E-state index in [0.717, 1.165) is 25.9 Å². The molecule has 0 rings (SSSR count). The second-order valence-electron chi connectivity index (χ2n) is 2.22. The highest BCUT2D eigenvalue weighted by atomic mass is 19.1. The molecule has 0 fully saturated rings. The molecule has 0 saturated heterocycles. The number of hydrogen-bond donors (Lipinski definition) is 0. The van der Waals surface area contributed by atoms with Gasteiger partial charge in [0, 0.05) is 13.2 Å². The lowest BCUT2D eigenvalue weighted by Crippen LogP contribution is -1.93. The Morgan fingerprint density at radius 1 is 1.10 bits per heavy atom. The van der Waals surface area contributed by atoms with Crippen LogP contribution in [0, 0.1) is 6.92 Å². The molecule has 0 aliphatic rings. The van der Waals surface area contributed by atoms with E-state index >= 15 is 0 Å². The van der Waals surface area contributed by atoms with Crippen LogP contribution in [0.1, 0.15) is 25.7 Å². The fraction of sp³-hybridized carbons (Fsp3) is 0.875. The first-order chi connectivity index (χ1) is 4.91. The second-order valence-corrected chi connectivity index (χ2v) is 2.22. The first-order valence-corrected chi connectivity index (χ1v) is 3.84. The van der Waals surface area contributed by atoms with Crippen molar-refractivity contribution in [2.45, 2.75) is 25.7 Å². The molecule has 0 unspecified atom stereocenters. The summed E-state index contributed by atoms with van der Waals surface area (Å²) in [6, 6.07) is 0. The van der Waals surface area contributed by atoms with Crippen LogP contribution in [0.25, 0.3) is 0 Å². The summed E-state index contributed by atoms with van der Waals surface area (Å²) < 4.78 is 16.5. The fourth-order valence-electron chi connectivity index (χ4n) is 0.754. The van der Waals surface area contributed by atoms with E-state index in [1.165, 1.54) is 0 Å². The molecule has 0 aromatic rings. The summed E-state index contributed by atoms with van der Waals surface area (Å²) in [5, 5.41) is 0. The molecule has 0 spiro atoms. The van der Waals surface area contributed by atoms with Crippen molar-refractivity contribution in [3.8, 4) is 0 Å². The van der Waals surface area contributed by atoms with Crippen molar-refractivity contribution in [3.05, 3.63) is 6.92 Å². The lowest BCUT2D eigenvalue weighted by molar-refractivity contribution is 0.155. The molecule has 0 aliphatic carbocycles. The molecule has 0 atom stereocenters. The van der Waals surface area contributed by atoms with E-state index in [4.69, 9.17) is 4.74 Å². The summed E-state index contributed by atoms with van der Waals surface area (Å²) in [6.07, 6.45) is 3.79. The maximum absolute atomic E-state index is 11.5. The van der Waals surface area contributed by atoms with Crippen LogP contribution in [-0.2, 0) is 4.74 Å². The van der Waals surface area contributed by atoms with Crippen LogP contribution in [0.15, 0.2) is 0 Å². The highest BCUT2D eigenvalue weighted by Crippen LogP contribution is 1.99. The quantitative estimate of drug-likeness (QED) is 0.502. The Kier molecular flexibility index (Phi) is 8.79. The zero-order valence-electron chi connectivity index (χ0n) is 6.44. The number of alkyl halides is 1. The van der Waals surface area contributed by atoms with Crippen molar-refractivity contribution in [1.82, 2.24) is 0 Å². The summed E-state index contributed by atoms with van der Waals surface area (Å²) in [5.74, 6) is 0. The lowest BCUT2D eigenvalue weighted by Gasteiger charge is -1.98. The van der Waals surface area contributed by atoms with E-state index in [2.05, 4.69) is 6.92 Å². The molecule has 0 amide bonds. The smallest absolute Gasteiger partial charge is 0.0894 e. The SMILES string of the molecule is [CH2]COCCCCCCF. The van der Waals surface area contributed by atoms with Gasteiger partial charge in [-0.1, -0.05) is 12.8 Å². The van der Waals surface area contributed by atoms with Crippen molar-refractivity contribution in [3.63, 3.8) is 0 Å². The van der Waals surface area contributed by atoms with Gasteiger partial charge in [0.25, 0.3) is 0 Å². The van der Waals surface area contributed by atoms with Gasteiger partial charge in [0.15, 0.2) is 0 Å². The number of rotatable bonds is 7. The van der Waals surface area contributed by atoms with E-state index in [1.807, 2.05) is 0 Å². The molecular weight excluding hydrogens is 131 g/mol. The minimum atomic E-state index is -0.184. The Balaban J connectivity index is 2.65. The van der Waals surface area contributed by atoms with Gasteiger partial charge in [-0.3, -0.25) is 4.39 Å². The molecule has 0 heterocycles. The van der Waals surface area contributed by atoms with Crippen molar-refractivity contribution in [2.24, 2.45) is 0 Å². The van der Waals surface area contributed by atoms with Crippen LogP contribution in [0.2, 0.25) is 0 Å². The monoisotopic (exact) mass is 147 g/mol. The number of hydrogen-bond acceptors (Lipinski definition) is 1. The standard InChI is InChI=1S/C8H16FO/c1-2-10-8-6-4-3-5-7-9/h1-8H2. The van der Waals surface area contributed by atoms with Gasteiger partial charge in [0.2, 0.25) is 0 Å². The predicted molar refractivity (Wildman–Crippen MR) is 40.6 cm³/mol. The Hall–Kier alpha value is -0.110. The van der Waals surface area contributed by atoms with E-state index < -0.39 is 0 Å². The Morgan fingerprint density at radius 2 is 1.80 bits per heavy atom. The first kappa shape index (κ1) is 9.89. The number of halogens is 1. The van der Waals surface area contributed by atoms with Gasteiger partial charge in [-0.25, -0.2) is 0 Å². The van der Waals surface area contributed by atoms with E-state index in [1.54, 1.807) is 0 Å². The molecule has 2 heteroatoms. The molecule has 1 nitrogen and oxygen atoms in total. The van der Waals surface area contributed by atoms with Gasteiger partial charge < -0.3 is 4.74 Å². The third kappa shape index (κ3) is 7.89. The maximum atomic E-state index is 11.5. The topological polar surface area (TPSA) is 9.23 Å². The largest absolute Gasteiger partial charge is 0.381 e. The van der Waals surface area contributed by atoms with E-state index in [9.17, 15) is 4.39 Å². The van der Waals surface area contributed by atoms with Gasteiger partial charge in [-0.2, -0.15) is 0 Å². The van der Waals surface area contributed by atoms with Gasteiger partial charge >= 0.3 is 0 Å². The Labute approximate surface area is 62.6 Å². The van der Waals surface area contributed by atoms with Crippen molar-refractivity contribution < 1.29 is 9.13 Å². The molecule has 10 heavy (non-hydrogen) atoms. The van der Waals surface area contributed by atoms with Crippen molar-refractivity contribution >= 4 is 0 Å². The predicted octanol–water partition coefficient (Wildman–Crippen LogP) is 2.37. The first-order valence-electron chi connectivity index (χ1n) is 3.84. The average molecular weight is 147 g/mol. The highest BCUT2D eigenvalue weighted by molar-refractivity contribution is 4.41. The number of unbranched alkanes of at least 4 members (excludes halogenated alkanes) is 3. The zero-order valence-corrected chi connectivity index (χ0v) is 6.44. The Bertz CT molecular complexity index is 49.2. The second kappa shape index (κ2) is 8.89. The van der Waals surface area contributed by atoms with Crippen LogP contribution in [0.5, 0.6) is 0 Å². The summed E-state index contributed by atoms with van der Waals surface area (Å²) in [5.41, 5.74) is 0. The van der Waals surface area contributed by atoms with Crippen LogP contribution < -0.4 is 0 Å². The minimum absolute atomic E-state index is 0.184. The summed E-state index contributed by atoms with van der Waals surface area (Å²) in [4.78, 5) is 0. The normalized spacial score (nSPS) is 10.2. The van der Waals surface area contributed by atoms with Gasteiger partial charge in [-0.05, 0) is 19.8 Å². The van der Waals surface area contributed by atoms with Gasteiger partial charge in [-0.15, -0.1) is 0 Å².